The van der Waals surface area contributed by atoms with E-state index >= 15 is 0 Å². The molecule has 0 saturated heterocycles. The lowest BCUT2D eigenvalue weighted by Crippen LogP contribution is -2.36. The van der Waals surface area contributed by atoms with Crippen LogP contribution in [-0.2, 0) is 6.54 Å². The molecule has 0 unspecified atom stereocenters. The van der Waals surface area contributed by atoms with Crippen molar-refractivity contribution in [2.75, 3.05) is 0 Å². The first-order valence-electron chi connectivity index (χ1n) is 7.39. The Hall–Kier alpha value is -2.54. The number of aromatic nitrogens is 3. The third-order valence-corrected chi connectivity index (χ3v) is 4.69. The molecule has 1 amide bonds. The Bertz CT molecular complexity index is 914. The van der Waals surface area contributed by atoms with E-state index in [2.05, 4.69) is 9.97 Å². The minimum atomic E-state index is -0.304. The molecule has 23 heavy (non-hydrogen) atoms. The third kappa shape index (κ3) is 2.63. The van der Waals surface area contributed by atoms with Gasteiger partial charge in [0.15, 0.2) is 4.96 Å². The molecular weight excluding hydrogens is 312 g/mol. The van der Waals surface area contributed by atoms with Gasteiger partial charge in [-0.25, -0.2) is 4.98 Å². The highest BCUT2D eigenvalue weighted by Crippen LogP contribution is 2.29. The summed E-state index contributed by atoms with van der Waals surface area (Å²) in [6.07, 6.45) is 8.42. The highest BCUT2D eigenvalue weighted by atomic mass is 32.1. The number of thiazole rings is 1. The van der Waals surface area contributed by atoms with E-state index in [0.717, 1.165) is 18.4 Å². The summed E-state index contributed by atoms with van der Waals surface area (Å²) in [6, 6.07) is 3.98. The maximum Gasteiger partial charge on any atom is 0.271 e. The summed E-state index contributed by atoms with van der Waals surface area (Å²) in [4.78, 5) is 36.0. The van der Waals surface area contributed by atoms with Gasteiger partial charge in [0.2, 0.25) is 0 Å². The molecule has 116 valence electrons. The maximum absolute atomic E-state index is 12.9. The van der Waals surface area contributed by atoms with Crippen LogP contribution in [0.4, 0.5) is 0 Å². The van der Waals surface area contributed by atoms with E-state index in [1.807, 2.05) is 12.1 Å². The van der Waals surface area contributed by atoms with Crippen LogP contribution in [0.5, 0.6) is 0 Å². The second-order valence-corrected chi connectivity index (χ2v) is 6.43. The van der Waals surface area contributed by atoms with Crippen molar-refractivity contribution < 1.29 is 4.79 Å². The molecule has 1 saturated carbocycles. The first kappa shape index (κ1) is 14.1. The molecule has 0 bridgehead atoms. The predicted octanol–water partition coefficient (Wildman–Crippen LogP) is 1.96. The van der Waals surface area contributed by atoms with Gasteiger partial charge in [-0.2, -0.15) is 0 Å². The lowest BCUT2D eigenvalue weighted by molar-refractivity contribution is 0.0727. The molecular formula is C16H14N4O2S. The van der Waals surface area contributed by atoms with Gasteiger partial charge in [-0.3, -0.25) is 19.0 Å². The molecule has 1 aliphatic rings. The van der Waals surface area contributed by atoms with Crippen LogP contribution >= 0.6 is 11.3 Å². The Morgan fingerprint density at radius 3 is 2.87 bits per heavy atom. The Balaban J connectivity index is 1.69. The van der Waals surface area contributed by atoms with Gasteiger partial charge in [0.25, 0.3) is 11.5 Å². The molecule has 7 heteroatoms. The van der Waals surface area contributed by atoms with Crippen LogP contribution in [0.15, 0.2) is 47.1 Å². The number of amides is 1. The molecule has 0 N–H and O–H groups in total. The molecule has 0 aliphatic heterocycles. The van der Waals surface area contributed by atoms with Gasteiger partial charge in [0.1, 0.15) is 5.56 Å². The number of carbonyl (C=O) groups excluding carboxylic acids is 1. The number of hydrogen-bond donors (Lipinski definition) is 0. The molecule has 3 heterocycles. The fourth-order valence-corrected chi connectivity index (χ4v) is 3.24. The topological polar surface area (TPSA) is 67.6 Å². The fourth-order valence-electron chi connectivity index (χ4n) is 2.56. The van der Waals surface area contributed by atoms with Crippen LogP contribution in [0.25, 0.3) is 4.96 Å². The van der Waals surface area contributed by atoms with Crippen molar-refractivity contribution in [1.82, 2.24) is 19.3 Å². The molecule has 0 spiro atoms. The summed E-state index contributed by atoms with van der Waals surface area (Å²) >= 11 is 1.37. The van der Waals surface area contributed by atoms with Crippen LogP contribution in [0.2, 0.25) is 0 Å². The van der Waals surface area contributed by atoms with Crippen LogP contribution < -0.4 is 5.56 Å². The summed E-state index contributed by atoms with van der Waals surface area (Å²) < 4.78 is 1.43. The zero-order valence-electron chi connectivity index (χ0n) is 12.3. The normalized spacial score (nSPS) is 14.1. The minimum Gasteiger partial charge on any atom is -0.331 e. The van der Waals surface area contributed by atoms with E-state index in [9.17, 15) is 9.59 Å². The second kappa shape index (κ2) is 5.58. The summed E-state index contributed by atoms with van der Waals surface area (Å²) in [5.74, 6) is -0.248. The lowest BCUT2D eigenvalue weighted by Gasteiger charge is -2.22. The van der Waals surface area contributed by atoms with E-state index < -0.39 is 0 Å². The SMILES string of the molecule is O=C(c1cnc2sccn2c1=O)N(Cc1ccncc1)C1CC1. The minimum absolute atomic E-state index is 0.127. The fraction of sp³-hybridized carbons (Fsp3) is 0.250. The Labute approximate surface area is 136 Å². The van der Waals surface area contributed by atoms with Crippen LogP contribution in [0.3, 0.4) is 0 Å². The van der Waals surface area contributed by atoms with Crippen molar-refractivity contribution in [2.45, 2.75) is 25.4 Å². The molecule has 4 rings (SSSR count). The van der Waals surface area contributed by atoms with Crippen LogP contribution in [-0.4, -0.2) is 31.2 Å². The number of fused-ring (bicyclic) bond motifs is 1. The van der Waals surface area contributed by atoms with Gasteiger partial charge in [-0.15, -0.1) is 11.3 Å². The molecule has 0 aromatic carbocycles. The molecule has 0 radical (unpaired) electrons. The molecule has 1 aliphatic carbocycles. The quantitative estimate of drug-likeness (QED) is 0.735. The zero-order valence-corrected chi connectivity index (χ0v) is 13.1. The van der Waals surface area contributed by atoms with Crippen LogP contribution in [0, 0.1) is 0 Å². The Kier molecular flexibility index (Phi) is 3.42. The number of nitrogens with zero attached hydrogens (tertiary/aromatic N) is 4. The highest BCUT2D eigenvalue weighted by molar-refractivity contribution is 7.15. The van der Waals surface area contributed by atoms with Crippen LogP contribution in [0.1, 0.15) is 28.8 Å². The van der Waals surface area contributed by atoms with Crippen molar-refractivity contribution in [3.63, 3.8) is 0 Å². The average Bonchev–Trinajstić information content (AvgIpc) is 3.30. The predicted molar refractivity (Wildman–Crippen MR) is 86.5 cm³/mol. The first-order chi connectivity index (χ1) is 11.2. The van der Waals surface area contributed by atoms with Crippen molar-refractivity contribution >= 4 is 22.2 Å². The Morgan fingerprint density at radius 1 is 1.35 bits per heavy atom. The van der Waals surface area contributed by atoms with Crippen molar-refractivity contribution in [3.05, 3.63) is 63.8 Å². The summed E-state index contributed by atoms with van der Waals surface area (Å²) in [5, 5.41) is 1.79. The van der Waals surface area contributed by atoms with Gasteiger partial charge < -0.3 is 4.90 Å². The van der Waals surface area contributed by atoms with Gasteiger partial charge in [-0.1, -0.05) is 0 Å². The number of pyridine rings is 1. The molecule has 6 nitrogen and oxygen atoms in total. The average molecular weight is 326 g/mol. The van der Waals surface area contributed by atoms with Gasteiger partial charge in [0, 0.05) is 42.8 Å². The number of rotatable bonds is 4. The number of carbonyl (C=O) groups is 1. The number of hydrogen-bond acceptors (Lipinski definition) is 5. The van der Waals surface area contributed by atoms with E-state index in [-0.39, 0.29) is 23.1 Å². The van der Waals surface area contributed by atoms with Gasteiger partial charge >= 0.3 is 0 Å². The van der Waals surface area contributed by atoms with Crippen molar-refractivity contribution in [3.8, 4) is 0 Å². The van der Waals surface area contributed by atoms with Gasteiger partial charge in [0.05, 0.1) is 0 Å². The van der Waals surface area contributed by atoms with Gasteiger partial charge in [-0.05, 0) is 30.5 Å². The smallest absolute Gasteiger partial charge is 0.271 e. The largest absolute Gasteiger partial charge is 0.331 e. The molecule has 3 aromatic rings. The van der Waals surface area contributed by atoms with E-state index in [1.54, 1.807) is 28.9 Å². The summed E-state index contributed by atoms with van der Waals surface area (Å²) in [6.45, 7) is 0.484. The first-order valence-corrected chi connectivity index (χ1v) is 8.27. The Morgan fingerprint density at radius 2 is 2.13 bits per heavy atom. The van der Waals surface area contributed by atoms with Crippen molar-refractivity contribution in [2.24, 2.45) is 0 Å². The molecule has 0 atom stereocenters. The second-order valence-electron chi connectivity index (χ2n) is 5.55. The standard InChI is InChI=1S/C16H14N4O2S/c21-14-13(9-18-16-19(14)7-8-23-16)15(22)20(12-1-2-12)10-11-3-5-17-6-4-11/h3-9,12H,1-2,10H2. The summed E-state index contributed by atoms with van der Waals surface area (Å²) in [7, 11) is 0. The van der Waals surface area contributed by atoms with Crippen molar-refractivity contribution in [1.29, 1.82) is 0 Å². The summed E-state index contributed by atoms with van der Waals surface area (Å²) in [5.41, 5.74) is 0.827. The highest BCUT2D eigenvalue weighted by Gasteiger charge is 2.34. The van der Waals surface area contributed by atoms with E-state index in [4.69, 9.17) is 0 Å². The van der Waals surface area contributed by atoms with E-state index in [0.29, 0.717) is 11.5 Å². The lowest BCUT2D eigenvalue weighted by atomic mass is 10.2. The maximum atomic E-state index is 12.9. The van der Waals surface area contributed by atoms with E-state index in [1.165, 1.54) is 21.9 Å². The zero-order chi connectivity index (χ0) is 15.8. The molecule has 1 fully saturated rings. The third-order valence-electron chi connectivity index (χ3n) is 3.92. The molecule has 3 aromatic heterocycles. The monoisotopic (exact) mass is 326 g/mol.